The highest BCUT2D eigenvalue weighted by atomic mass is 79.9. The largest absolute Gasteiger partial charge is 0.306 e. The summed E-state index contributed by atoms with van der Waals surface area (Å²) in [5.41, 5.74) is 0. The van der Waals surface area contributed by atoms with E-state index in [2.05, 4.69) is 32.8 Å². The number of halogens is 1. The molecule has 0 spiro atoms. The van der Waals surface area contributed by atoms with Crippen LogP contribution in [-0.4, -0.2) is 25.0 Å². The smallest absolute Gasteiger partial charge is 0.00891 e. The molecule has 0 saturated heterocycles. The lowest BCUT2D eigenvalue weighted by atomic mass is 10.0. The molecular weight excluding hydrogens is 310 g/mol. The van der Waals surface area contributed by atoms with Gasteiger partial charge >= 0.3 is 0 Å². The van der Waals surface area contributed by atoms with E-state index in [1.807, 2.05) is 0 Å². The zero-order valence-corrected chi connectivity index (χ0v) is 16.3. The lowest BCUT2D eigenvalue weighted by Crippen LogP contribution is -2.27. The molecule has 0 N–H and O–H groups in total. The quantitative estimate of drug-likeness (QED) is 0.319. The molecule has 0 aliphatic rings. The Labute approximate surface area is 139 Å². The van der Waals surface area contributed by atoms with E-state index in [1.54, 1.807) is 0 Å². The molecule has 0 aromatic rings. The molecule has 0 aliphatic carbocycles. The van der Waals surface area contributed by atoms with Crippen LogP contribution in [-0.2, 0) is 0 Å². The summed E-state index contributed by atoms with van der Waals surface area (Å²) in [6.45, 7) is 4.59. The van der Waals surface area contributed by atoms with E-state index in [9.17, 15) is 0 Å². The first-order chi connectivity index (χ1) is 9.22. The summed E-state index contributed by atoms with van der Waals surface area (Å²) in [4.78, 5) is 2.43. The number of nitrogens with zero attached hydrogens (tertiary/aromatic N) is 1. The number of hydrogen-bond acceptors (Lipinski definition) is 1. The molecule has 0 bridgehead atoms. The second kappa shape index (κ2) is 17.5. The molecule has 1 nitrogen and oxygen atoms in total. The molecule has 0 rings (SSSR count). The van der Waals surface area contributed by atoms with Crippen LogP contribution >= 0.6 is 17.0 Å². The van der Waals surface area contributed by atoms with Crippen LogP contribution in [0, 0.1) is 0 Å². The maximum absolute atomic E-state index is 2.43. The lowest BCUT2D eigenvalue weighted by Gasteiger charge is -2.24. The molecular formula is C18H40BrN. The van der Waals surface area contributed by atoms with E-state index >= 15 is 0 Å². The molecule has 2 heteroatoms. The Hall–Kier alpha value is 0.440. The van der Waals surface area contributed by atoms with E-state index in [4.69, 9.17) is 0 Å². The van der Waals surface area contributed by atoms with Crippen molar-refractivity contribution >= 4 is 17.0 Å². The summed E-state index contributed by atoms with van der Waals surface area (Å²) in [7, 11) is 4.49. The minimum absolute atomic E-state index is 0. The molecule has 1 unspecified atom stereocenters. The topological polar surface area (TPSA) is 3.24 Å². The third kappa shape index (κ3) is 14.8. The van der Waals surface area contributed by atoms with Gasteiger partial charge in [0.05, 0.1) is 0 Å². The van der Waals surface area contributed by atoms with Gasteiger partial charge in [-0.2, -0.15) is 0 Å². The van der Waals surface area contributed by atoms with Crippen molar-refractivity contribution in [2.75, 3.05) is 14.1 Å². The molecule has 0 aromatic heterocycles. The minimum atomic E-state index is 0. The third-order valence-electron chi connectivity index (χ3n) is 4.26. The monoisotopic (exact) mass is 349 g/mol. The van der Waals surface area contributed by atoms with Gasteiger partial charge in [-0.1, -0.05) is 84.5 Å². The van der Waals surface area contributed by atoms with Gasteiger partial charge in [0.1, 0.15) is 0 Å². The van der Waals surface area contributed by atoms with E-state index in [-0.39, 0.29) is 17.0 Å². The van der Waals surface area contributed by atoms with Crippen LogP contribution in [0.3, 0.4) is 0 Å². The highest BCUT2D eigenvalue weighted by Crippen LogP contribution is 2.15. The SMILES string of the molecule is Br.CCCCCCCCCCCC(CCCC)N(C)C. The van der Waals surface area contributed by atoms with Gasteiger partial charge in [-0.05, 0) is 26.9 Å². The normalized spacial score (nSPS) is 12.4. The molecule has 0 fully saturated rings. The van der Waals surface area contributed by atoms with E-state index < -0.39 is 0 Å². The van der Waals surface area contributed by atoms with Gasteiger partial charge in [0, 0.05) is 6.04 Å². The summed E-state index contributed by atoms with van der Waals surface area (Å²) in [5.74, 6) is 0. The number of rotatable bonds is 14. The van der Waals surface area contributed by atoms with Gasteiger partial charge in [0.2, 0.25) is 0 Å². The Morgan fingerprint density at radius 3 is 1.45 bits per heavy atom. The Balaban J connectivity index is 0. The molecule has 0 saturated carbocycles. The first-order valence-corrected chi connectivity index (χ1v) is 8.88. The predicted molar refractivity (Wildman–Crippen MR) is 99.2 cm³/mol. The van der Waals surface area contributed by atoms with Crippen molar-refractivity contribution in [3.63, 3.8) is 0 Å². The predicted octanol–water partition coefficient (Wildman–Crippen LogP) is 6.61. The number of unbranched alkanes of at least 4 members (excludes halogenated alkanes) is 9. The van der Waals surface area contributed by atoms with Crippen molar-refractivity contribution in [1.82, 2.24) is 4.90 Å². The van der Waals surface area contributed by atoms with Gasteiger partial charge < -0.3 is 4.90 Å². The van der Waals surface area contributed by atoms with E-state index in [0.717, 1.165) is 6.04 Å². The average molecular weight is 350 g/mol. The standard InChI is InChI=1S/C18H39N.BrH/c1-5-7-9-10-11-12-13-14-15-17-18(19(3)4)16-8-6-2;/h18H,5-17H2,1-4H3;1H. The van der Waals surface area contributed by atoms with Gasteiger partial charge in [-0.25, -0.2) is 0 Å². The molecule has 0 aliphatic heterocycles. The lowest BCUT2D eigenvalue weighted by molar-refractivity contribution is 0.253. The van der Waals surface area contributed by atoms with Crippen molar-refractivity contribution in [2.45, 2.75) is 103 Å². The van der Waals surface area contributed by atoms with Gasteiger partial charge in [-0.15, -0.1) is 17.0 Å². The molecule has 124 valence electrons. The molecule has 1 atom stereocenters. The summed E-state index contributed by atoms with van der Waals surface area (Å²) in [6, 6.07) is 0.824. The maximum Gasteiger partial charge on any atom is 0.00891 e. The Bertz CT molecular complexity index is 171. The van der Waals surface area contributed by atoms with Crippen LogP contribution in [0.5, 0.6) is 0 Å². The van der Waals surface area contributed by atoms with Crippen molar-refractivity contribution in [2.24, 2.45) is 0 Å². The average Bonchev–Trinajstić information content (AvgIpc) is 2.39. The molecule has 0 heterocycles. The van der Waals surface area contributed by atoms with Crippen LogP contribution in [0.2, 0.25) is 0 Å². The van der Waals surface area contributed by atoms with Crippen molar-refractivity contribution in [3.05, 3.63) is 0 Å². The van der Waals surface area contributed by atoms with E-state index in [1.165, 1.54) is 83.5 Å². The molecule has 0 radical (unpaired) electrons. The van der Waals surface area contributed by atoms with Crippen molar-refractivity contribution in [3.8, 4) is 0 Å². The second-order valence-electron chi connectivity index (χ2n) is 6.38. The maximum atomic E-state index is 2.43. The summed E-state index contributed by atoms with van der Waals surface area (Å²) in [6.07, 6.45) is 18.5. The zero-order valence-electron chi connectivity index (χ0n) is 14.6. The Kier molecular flexibility index (Phi) is 19.9. The highest BCUT2D eigenvalue weighted by Gasteiger charge is 2.09. The fourth-order valence-electron chi connectivity index (χ4n) is 2.79. The fourth-order valence-corrected chi connectivity index (χ4v) is 2.79. The van der Waals surface area contributed by atoms with Crippen LogP contribution in [0.15, 0.2) is 0 Å². The minimum Gasteiger partial charge on any atom is -0.306 e. The molecule has 0 amide bonds. The fraction of sp³-hybridized carbons (Fsp3) is 1.00. The second-order valence-corrected chi connectivity index (χ2v) is 6.38. The number of hydrogen-bond donors (Lipinski definition) is 0. The van der Waals surface area contributed by atoms with Crippen LogP contribution < -0.4 is 0 Å². The van der Waals surface area contributed by atoms with Crippen LogP contribution in [0.25, 0.3) is 0 Å². The summed E-state index contributed by atoms with van der Waals surface area (Å²) >= 11 is 0. The van der Waals surface area contributed by atoms with Gasteiger partial charge in [-0.3, -0.25) is 0 Å². The zero-order chi connectivity index (χ0) is 14.3. The van der Waals surface area contributed by atoms with Gasteiger partial charge in [0.25, 0.3) is 0 Å². The van der Waals surface area contributed by atoms with Crippen molar-refractivity contribution < 1.29 is 0 Å². The highest BCUT2D eigenvalue weighted by molar-refractivity contribution is 8.93. The molecule has 20 heavy (non-hydrogen) atoms. The van der Waals surface area contributed by atoms with E-state index in [0.29, 0.717) is 0 Å². The Morgan fingerprint density at radius 2 is 1.00 bits per heavy atom. The summed E-state index contributed by atoms with van der Waals surface area (Å²) in [5, 5.41) is 0. The van der Waals surface area contributed by atoms with Crippen LogP contribution in [0.4, 0.5) is 0 Å². The molecule has 0 aromatic carbocycles. The Morgan fingerprint density at radius 1 is 0.600 bits per heavy atom. The van der Waals surface area contributed by atoms with Gasteiger partial charge in [0.15, 0.2) is 0 Å². The first-order valence-electron chi connectivity index (χ1n) is 8.88. The van der Waals surface area contributed by atoms with Crippen molar-refractivity contribution in [1.29, 1.82) is 0 Å². The summed E-state index contributed by atoms with van der Waals surface area (Å²) < 4.78 is 0. The first kappa shape index (κ1) is 22.7. The van der Waals surface area contributed by atoms with Crippen LogP contribution in [0.1, 0.15) is 97.3 Å². The third-order valence-corrected chi connectivity index (χ3v) is 4.26.